The Morgan fingerprint density at radius 2 is 2.17 bits per heavy atom. The molecule has 0 aromatic rings. The summed E-state index contributed by atoms with van der Waals surface area (Å²) in [6, 6.07) is 1.11. The fourth-order valence-electron chi connectivity index (χ4n) is 1.84. The molecule has 1 heterocycles. The number of nitrogens with two attached hydrogens (primary N) is 1. The molecule has 0 aromatic carbocycles. The van der Waals surface area contributed by atoms with Gasteiger partial charge in [-0.1, -0.05) is 0 Å². The van der Waals surface area contributed by atoms with Gasteiger partial charge >= 0.3 is 0 Å². The maximum absolute atomic E-state index is 5.90. The van der Waals surface area contributed by atoms with Crippen LogP contribution in [0.5, 0.6) is 0 Å². The third-order valence-corrected chi connectivity index (χ3v) is 2.94. The zero-order chi connectivity index (χ0) is 8.55. The quantitative estimate of drug-likeness (QED) is 0.650. The molecule has 0 amide bonds. The minimum atomic E-state index is 0.270. The standard InChI is InChI=1S/C9H18N2O/c1-11(8-2-3-8)4-7-5-12-6-9(7)10/h7-9H,2-6,10H2,1H3. The van der Waals surface area contributed by atoms with Gasteiger partial charge in [-0.15, -0.1) is 0 Å². The van der Waals surface area contributed by atoms with Gasteiger partial charge in [0.1, 0.15) is 0 Å². The molecular weight excluding hydrogens is 152 g/mol. The molecule has 1 saturated heterocycles. The van der Waals surface area contributed by atoms with E-state index < -0.39 is 0 Å². The minimum absolute atomic E-state index is 0.270. The summed E-state index contributed by atoms with van der Waals surface area (Å²) in [5.74, 6) is 0.565. The molecule has 70 valence electrons. The zero-order valence-electron chi connectivity index (χ0n) is 7.70. The van der Waals surface area contributed by atoms with E-state index in [2.05, 4.69) is 11.9 Å². The topological polar surface area (TPSA) is 38.5 Å². The Morgan fingerprint density at radius 1 is 1.42 bits per heavy atom. The SMILES string of the molecule is CN(CC1COCC1N)C1CC1. The summed E-state index contributed by atoms with van der Waals surface area (Å²) in [6.07, 6.45) is 2.75. The van der Waals surface area contributed by atoms with Crippen LogP contribution < -0.4 is 5.73 Å². The first-order valence-corrected chi connectivity index (χ1v) is 4.81. The Kier molecular flexibility index (Phi) is 2.35. The van der Waals surface area contributed by atoms with Crippen LogP contribution >= 0.6 is 0 Å². The van der Waals surface area contributed by atoms with Crippen molar-refractivity contribution in [1.82, 2.24) is 4.90 Å². The van der Waals surface area contributed by atoms with Crippen molar-refractivity contribution in [3.8, 4) is 0 Å². The second kappa shape index (κ2) is 3.32. The molecular formula is C9H18N2O. The van der Waals surface area contributed by atoms with Gasteiger partial charge < -0.3 is 15.4 Å². The van der Waals surface area contributed by atoms with E-state index >= 15 is 0 Å². The van der Waals surface area contributed by atoms with Gasteiger partial charge in [0, 0.05) is 24.5 Å². The summed E-state index contributed by atoms with van der Waals surface area (Å²) in [6.45, 7) is 2.73. The van der Waals surface area contributed by atoms with Crippen LogP contribution in [0.2, 0.25) is 0 Å². The molecule has 3 heteroatoms. The molecule has 2 atom stereocenters. The summed E-state index contributed by atoms with van der Waals surface area (Å²) in [4.78, 5) is 2.43. The maximum atomic E-state index is 5.90. The van der Waals surface area contributed by atoms with Gasteiger partial charge in [-0.3, -0.25) is 0 Å². The van der Waals surface area contributed by atoms with Gasteiger partial charge in [-0.2, -0.15) is 0 Å². The lowest BCUT2D eigenvalue weighted by atomic mass is 10.0. The molecule has 2 aliphatic rings. The Labute approximate surface area is 73.9 Å². The van der Waals surface area contributed by atoms with Gasteiger partial charge in [-0.25, -0.2) is 0 Å². The number of hydrogen-bond donors (Lipinski definition) is 1. The van der Waals surface area contributed by atoms with Crippen LogP contribution in [0, 0.1) is 5.92 Å². The largest absolute Gasteiger partial charge is 0.379 e. The molecule has 3 nitrogen and oxygen atoms in total. The van der Waals surface area contributed by atoms with Crippen LogP contribution in [0.1, 0.15) is 12.8 Å². The van der Waals surface area contributed by atoms with E-state index in [1.807, 2.05) is 0 Å². The van der Waals surface area contributed by atoms with E-state index in [0.717, 1.165) is 25.8 Å². The van der Waals surface area contributed by atoms with Crippen LogP contribution in [0.3, 0.4) is 0 Å². The molecule has 1 saturated carbocycles. The van der Waals surface area contributed by atoms with E-state index in [1.165, 1.54) is 12.8 Å². The van der Waals surface area contributed by atoms with Crippen LogP contribution in [-0.2, 0) is 4.74 Å². The highest BCUT2D eigenvalue weighted by Crippen LogP contribution is 2.27. The van der Waals surface area contributed by atoms with Crippen molar-refractivity contribution >= 4 is 0 Å². The van der Waals surface area contributed by atoms with Crippen molar-refractivity contribution in [2.45, 2.75) is 24.9 Å². The number of ether oxygens (including phenoxy) is 1. The van der Waals surface area contributed by atoms with Gasteiger partial charge in [-0.05, 0) is 19.9 Å². The Balaban J connectivity index is 1.76. The average molecular weight is 170 g/mol. The first-order valence-electron chi connectivity index (χ1n) is 4.81. The molecule has 2 unspecified atom stereocenters. The summed E-state index contributed by atoms with van der Waals surface area (Å²) >= 11 is 0. The second-order valence-corrected chi connectivity index (χ2v) is 4.13. The maximum Gasteiger partial charge on any atom is 0.0621 e. The van der Waals surface area contributed by atoms with Gasteiger partial charge in [0.2, 0.25) is 0 Å². The molecule has 2 rings (SSSR count). The van der Waals surface area contributed by atoms with E-state index in [9.17, 15) is 0 Å². The fourth-order valence-corrected chi connectivity index (χ4v) is 1.84. The van der Waals surface area contributed by atoms with E-state index in [0.29, 0.717) is 5.92 Å². The number of nitrogens with zero attached hydrogens (tertiary/aromatic N) is 1. The Hall–Kier alpha value is -0.120. The van der Waals surface area contributed by atoms with Crippen molar-refractivity contribution < 1.29 is 4.74 Å². The van der Waals surface area contributed by atoms with Gasteiger partial charge in [0.15, 0.2) is 0 Å². The van der Waals surface area contributed by atoms with Crippen molar-refractivity contribution in [2.75, 3.05) is 26.8 Å². The molecule has 2 N–H and O–H groups in total. The molecule has 1 aliphatic carbocycles. The molecule has 0 radical (unpaired) electrons. The van der Waals surface area contributed by atoms with Gasteiger partial charge in [0.05, 0.1) is 13.2 Å². The molecule has 1 aliphatic heterocycles. The molecule has 12 heavy (non-hydrogen) atoms. The highest BCUT2D eigenvalue weighted by atomic mass is 16.5. The molecule has 0 bridgehead atoms. The predicted molar refractivity (Wildman–Crippen MR) is 47.9 cm³/mol. The third-order valence-electron chi connectivity index (χ3n) is 2.94. The van der Waals surface area contributed by atoms with Crippen molar-refractivity contribution in [3.63, 3.8) is 0 Å². The smallest absolute Gasteiger partial charge is 0.0621 e. The molecule has 2 fully saturated rings. The van der Waals surface area contributed by atoms with E-state index in [4.69, 9.17) is 10.5 Å². The average Bonchev–Trinajstić information content (AvgIpc) is 2.80. The lowest BCUT2D eigenvalue weighted by Gasteiger charge is -2.21. The molecule has 0 aromatic heterocycles. The second-order valence-electron chi connectivity index (χ2n) is 4.13. The number of hydrogen-bond acceptors (Lipinski definition) is 3. The summed E-state index contributed by atoms with van der Waals surface area (Å²) in [5.41, 5.74) is 5.90. The van der Waals surface area contributed by atoms with Crippen LogP contribution in [0.4, 0.5) is 0 Å². The lowest BCUT2D eigenvalue weighted by molar-refractivity contribution is 0.172. The van der Waals surface area contributed by atoms with Crippen LogP contribution in [0.15, 0.2) is 0 Å². The predicted octanol–water partition coefficient (Wildman–Crippen LogP) is 0.0543. The van der Waals surface area contributed by atoms with E-state index in [1.54, 1.807) is 0 Å². The monoisotopic (exact) mass is 170 g/mol. The highest BCUT2D eigenvalue weighted by molar-refractivity contribution is 4.87. The van der Waals surface area contributed by atoms with Crippen LogP contribution in [0.25, 0.3) is 0 Å². The summed E-state index contributed by atoms with van der Waals surface area (Å²) < 4.78 is 5.32. The summed E-state index contributed by atoms with van der Waals surface area (Å²) in [7, 11) is 2.20. The van der Waals surface area contributed by atoms with Crippen molar-refractivity contribution in [3.05, 3.63) is 0 Å². The zero-order valence-corrected chi connectivity index (χ0v) is 7.70. The highest BCUT2D eigenvalue weighted by Gasteiger charge is 2.31. The van der Waals surface area contributed by atoms with Crippen molar-refractivity contribution in [2.24, 2.45) is 11.7 Å². The van der Waals surface area contributed by atoms with Crippen LogP contribution in [-0.4, -0.2) is 43.8 Å². The van der Waals surface area contributed by atoms with Gasteiger partial charge in [0.25, 0.3) is 0 Å². The third kappa shape index (κ3) is 1.79. The first kappa shape index (κ1) is 8.48. The van der Waals surface area contributed by atoms with Crippen molar-refractivity contribution in [1.29, 1.82) is 0 Å². The Bertz CT molecular complexity index is 159. The first-order chi connectivity index (χ1) is 5.77. The lowest BCUT2D eigenvalue weighted by Crippen LogP contribution is -2.37. The van der Waals surface area contributed by atoms with E-state index in [-0.39, 0.29) is 6.04 Å². The summed E-state index contributed by atoms with van der Waals surface area (Å²) in [5, 5.41) is 0. The minimum Gasteiger partial charge on any atom is -0.379 e. The Morgan fingerprint density at radius 3 is 2.67 bits per heavy atom. The fraction of sp³-hybridized carbons (Fsp3) is 1.00. The number of rotatable bonds is 3. The normalized spacial score (nSPS) is 36.2. The molecule has 0 spiro atoms.